The average Bonchev–Trinajstić information content (AvgIpc) is 3.24. The second kappa shape index (κ2) is 7.73. The van der Waals surface area contributed by atoms with Crippen LogP contribution >= 0.6 is 0 Å². The summed E-state index contributed by atoms with van der Waals surface area (Å²) in [6.45, 7) is 4.56. The molecule has 1 amide bonds. The van der Waals surface area contributed by atoms with Gasteiger partial charge in [-0.05, 0) is 55.3 Å². The quantitative estimate of drug-likeness (QED) is 0.652. The van der Waals surface area contributed by atoms with E-state index in [-0.39, 0.29) is 16.8 Å². The standard InChI is InChI=1S/C21H24N4O4S/c1-14-10-17-11-19(6-7-20(17)25(14)15(2)26)30(27,28)23-18-5-4-16-13-22-24(8-9-29-3)21(16)12-18/h4-7,11-14,23H,8-10H2,1-3H3/t14-/m0/s1. The third-order valence-corrected chi connectivity index (χ3v) is 6.70. The zero-order valence-electron chi connectivity index (χ0n) is 17.1. The van der Waals surface area contributed by atoms with Crippen LogP contribution in [0.5, 0.6) is 0 Å². The van der Waals surface area contributed by atoms with Gasteiger partial charge in [-0.2, -0.15) is 5.10 Å². The van der Waals surface area contributed by atoms with Crippen molar-refractivity contribution < 1.29 is 17.9 Å². The van der Waals surface area contributed by atoms with Gasteiger partial charge >= 0.3 is 0 Å². The largest absolute Gasteiger partial charge is 0.383 e. The zero-order valence-corrected chi connectivity index (χ0v) is 17.9. The minimum absolute atomic E-state index is 0.0122. The summed E-state index contributed by atoms with van der Waals surface area (Å²) >= 11 is 0. The Bertz CT molecular complexity index is 1220. The molecule has 4 rings (SSSR count). The summed E-state index contributed by atoms with van der Waals surface area (Å²) in [5.74, 6) is -0.0478. The lowest BCUT2D eigenvalue weighted by Gasteiger charge is -2.20. The highest BCUT2D eigenvalue weighted by Gasteiger charge is 2.30. The molecule has 8 nitrogen and oxygen atoms in total. The molecule has 30 heavy (non-hydrogen) atoms. The van der Waals surface area contributed by atoms with E-state index >= 15 is 0 Å². The number of aromatic nitrogens is 2. The average molecular weight is 429 g/mol. The molecule has 158 valence electrons. The fourth-order valence-corrected chi connectivity index (χ4v) is 5.06. The number of hydrogen-bond donors (Lipinski definition) is 1. The summed E-state index contributed by atoms with van der Waals surface area (Å²) in [6.07, 6.45) is 2.37. The van der Waals surface area contributed by atoms with E-state index in [1.54, 1.807) is 47.2 Å². The number of rotatable bonds is 6. The first-order valence-electron chi connectivity index (χ1n) is 9.70. The van der Waals surface area contributed by atoms with Crippen molar-refractivity contribution in [3.8, 4) is 0 Å². The van der Waals surface area contributed by atoms with Crippen molar-refractivity contribution in [2.75, 3.05) is 23.3 Å². The molecule has 0 saturated carbocycles. The number of benzene rings is 2. The normalized spacial score (nSPS) is 16.1. The summed E-state index contributed by atoms with van der Waals surface area (Å²) in [6, 6.07) is 10.2. The highest BCUT2D eigenvalue weighted by Crippen LogP contribution is 2.34. The number of nitrogens with one attached hydrogen (secondary N) is 1. The van der Waals surface area contributed by atoms with E-state index < -0.39 is 10.0 Å². The van der Waals surface area contributed by atoms with E-state index in [0.717, 1.165) is 22.2 Å². The predicted molar refractivity (Wildman–Crippen MR) is 115 cm³/mol. The van der Waals surface area contributed by atoms with Gasteiger partial charge in [0.05, 0.1) is 35.4 Å². The number of amides is 1. The first kappa shape index (κ1) is 20.4. The Hall–Kier alpha value is -2.91. The minimum Gasteiger partial charge on any atom is -0.383 e. The van der Waals surface area contributed by atoms with Gasteiger partial charge in [-0.1, -0.05) is 0 Å². The number of fused-ring (bicyclic) bond motifs is 2. The molecular weight excluding hydrogens is 404 g/mol. The molecule has 0 radical (unpaired) electrons. The van der Waals surface area contributed by atoms with Gasteiger partial charge in [0, 0.05) is 31.1 Å². The van der Waals surface area contributed by atoms with Crippen LogP contribution < -0.4 is 9.62 Å². The predicted octanol–water partition coefficient (Wildman–Crippen LogP) is 2.78. The number of nitrogens with zero attached hydrogens (tertiary/aromatic N) is 3. The van der Waals surface area contributed by atoms with Gasteiger partial charge in [0.2, 0.25) is 5.91 Å². The number of sulfonamides is 1. The smallest absolute Gasteiger partial charge is 0.261 e. The molecule has 1 N–H and O–H groups in total. The van der Waals surface area contributed by atoms with Gasteiger partial charge in [-0.3, -0.25) is 14.2 Å². The summed E-state index contributed by atoms with van der Waals surface area (Å²) in [4.78, 5) is 13.8. The molecule has 1 aliphatic heterocycles. The second-order valence-corrected chi connectivity index (χ2v) is 9.15. The van der Waals surface area contributed by atoms with Gasteiger partial charge in [0.1, 0.15) is 0 Å². The van der Waals surface area contributed by atoms with E-state index in [2.05, 4.69) is 9.82 Å². The van der Waals surface area contributed by atoms with E-state index in [0.29, 0.717) is 25.3 Å². The van der Waals surface area contributed by atoms with E-state index in [1.807, 2.05) is 13.0 Å². The number of hydrogen-bond acceptors (Lipinski definition) is 5. The Morgan fingerprint density at radius 1 is 1.27 bits per heavy atom. The van der Waals surface area contributed by atoms with Crippen molar-refractivity contribution >= 4 is 38.2 Å². The van der Waals surface area contributed by atoms with E-state index in [9.17, 15) is 13.2 Å². The van der Waals surface area contributed by atoms with E-state index in [4.69, 9.17) is 4.74 Å². The van der Waals surface area contributed by atoms with Crippen LogP contribution in [0.1, 0.15) is 19.4 Å². The molecule has 1 aromatic heterocycles. The van der Waals surface area contributed by atoms with Crippen LogP contribution in [-0.2, 0) is 32.5 Å². The molecule has 2 heterocycles. The van der Waals surface area contributed by atoms with Crippen molar-refractivity contribution in [3.05, 3.63) is 48.2 Å². The molecule has 0 saturated heterocycles. The van der Waals surface area contributed by atoms with Crippen molar-refractivity contribution in [1.29, 1.82) is 0 Å². The number of anilines is 2. The first-order chi connectivity index (χ1) is 14.3. The molecule has 1 aliphatic rings. The van der Waals surface area contributed by atoms with Crippen LogP contribution in [0.4, 0.5) is 11.4 Å². The molecule has 2 aromatic carbocycles. The van der Waals surface area contributed by atoms with Crippen LogP contribution in [0.3, 0.4) is 0 Å². The number of carbonyl (C=O) groups excluding carboxylic acids is 1. The van der Waals surface area contributed by atoms with Gasteiger partial charge < -0.3 is 9.64 Å². The highest BCUT2D eigenvalue weighted by atomic mass is 32.2. The van der Waals surface area contributed by atoms with Crippen LogP contribution in [0.2, 0.25) is 0 Å². The van der Waals surface area contributed by atoms with Crippen molar-refractivity contribution in [2.45, 2.75) is 37.8 Å². The maximum atomic E-state index is 13.0. The van der Waals surface area contributed by atoms with Gasteiger partial charge in [-0.25, -0.2) is 8.42 Å². The molecule has 3 aromatic rings. The Kier molecular flexibility index (Phi) is 5.25. The maximum absolute atomic E-state index is 13.0. The fourth-order valence-electron chi connectivity index (χ4n) is 3.96. The first-order valence-corrected chi connectivity index (χ1v) is 11.2. The summed E-state index contributed by atoms with van der Waals surface area (Å²) in [5.41, 5.74) is 2.92. The summed E-state index contributed by atoms with van der Waals surface area (Å²) < 4.78 is 35.5. The van der Waals surface area contributed by atoms with Gasteiger partial charge in [-0.15, -0.1) is 0 Å². The van der Waals surface area contributed by atoms with Crippen LogP contribution in [0.15, 0.2) is 47.5 Å². The van der Waals surface area contributed by atoms with Crippen molar-refractivity contribution in [2.24, 2.45) is 0 Å². The minimum atomic E-state index is -3.78. The van der Waals surface area contributed by atoms with Gasteiger partial charge in [0.25, 0.3) is 10.0 Å². The van der Waals surface area contributed by atoms with Crippen LogP contribution in [-0.4, -0.2) is 43.9 Å². The molecule has 0 aliphatic carbocycles. The molecule has 0 bridgehead atoms. The Morgan fingerprint density at radius 2 is 2.07 bits per heavy atom. The van der Waals surface area contributed by atoms with Gasteiger partial charge in [0.15, 0.2) is 0 Å². The van der Waals surface area contributed by atoms with Crippen molar-refractivity contribution in [3.63, 3.8) is 0 Å². The third-order valence-electron chi connectivity index (χ3n) is 5.32. The topological polar surface area (TPSA) is 93.5 Å². The second-order valence-electron chi connectivity index (χ2n) is 7.47. The summed E-state index contributed by atoms with van der Waals surface area (Å²) in [5, 5.41) is 5.24. The molecule has 0 fully saturated rings. The lowest BCUT2D eigenvalue weighted by molar-refractivity contribution is -0.116. The molecule has 0 spiro atoms. The van der Waals surface area contributed by atoms with Crippen LogP contribution in [0.25, 0.3) is 10.9 Å². The molecular formula is C21H24N4O4S. The number of carbonyl (C=O) groups is 1. The monoisotopic (exact) mass is 428 g/mol. The molecule has 9 heteroatoms. The lowest BCUT2D eigenvalue weighted by Crippen LogP contribution is -2.33. The van der Waals surface area contributed by atoms with Crippen LogP contribution in [0, 0.1) is 0 Å². The Labute approximate surface area is 175 Å². The Morgan fingerprint density at radius 3 is 2.80 bits per heavy atom. The third kappa shape index (κ3) is 3.66. The summed E-state index contributed by atoms with van der Waals surface area (Å²) in [7, 11) is -2.16. The molecule has 1 atom stereocenters. The lowest BCUT2D eigenvalue weighted by atomic mass is 10.1. The number of ether oxygens (including phenoxy) is 1. The van der Waals surface area contributed by atoms with E-state index in [1.165, 1.54) is 13.0 Å². The number of methoxy groups -OCH3 is 1. The van der Waals surface area contributed by atoms with Crippen molar-refractivity contribution in [1.82, 2.24) is 9.78 Å². The fraction of sp³-hybridized carbons (Fsp3) is 0.333. The zero-order chi connectivity index (χ0) is 21.5. The molecule has 0 unspecified atom stereocenters. The maximum Gasteiger partial charge on any atom is 0.261 e. The Balaban J connectivity index is 1.62. The SMILES string of the molecule is COCCn1ncc2ccc(NS(=O)(=O)c3ccc4c(c3)C[C@H](C)N4C(C)=O)cc21. The highest BCUT2D eigenvalue weighted by molar-refractivity contribution is 7.92.